The summed E-state index contributed by atoms with van der Waals surface area (Å²) >= 11 is 3.04. The molecule has 0 unspecified atom stereocenters. The maximum atomic E-state index is 11.5. The Morgan fingerprint density at radius 2 is 2.31 bits per heavy atom. The van der Waals surface area contributed by atoms with Crippen LogP contribution in [0.5, 0.6) is 0 Å². The van der Waals surface area contributed by atoms with Gasteiger partial charge in [-0.2, -0.15) is 0 Å². The number of hydrogen-bond donors (Lipinski definition) is 1. The highest BCUT2D eigenvalue weighted by molar-refractivity contribution is 9.10. The molecule has 1 amide bonds. The van der Waals surface area contributed by atoms with Crippen molar-refractivity contribution in [1.82, 2.24) is 5.32 Å². The van der Waals surface area contributed by atoms with Gasteiger partial charge in [0.25, 0.3) is 11.6 Å². The molecule has 0 spiro atoms. The highest BCUT2D eigenvalue weighted by atomic mass is 79.9. The zero-order valence-corrected chi connectivity index (χ0v) is 9.86. The summed E-state index contributed by atoms with van der Waals surface area (Å²) in [5.74, 6) is -0.365. The Balaban J connectivity index is 2.98. The molecule has 0 aliphatic carbocycles. The lowest BCUT2D eigenvalue weighted by molar-refractivity contribution is -0.385. The van der Waals surface area contributed by atoms with Crippen LogP contribution in [0.1, 0.15) is 10.4 Å². The van der Waals surface area contributed by atoms with Gasteiger partial charge in [-0.05, 0) is 28.1 Å². The van der Waals surface area contributed by atoms with Gasteiger partial charge in [0.05, 0.1) is 9.40 Å². The van der Waals surface area contributed by atoms with Crippen molar-refractivity contribution in [2.24, 2.45) is 0 Å². The summed E-state index contributed by atoms with van der Waals surface area (Å²) in [5, 5.41) is 13.2. The molecule has 84 valence electrons. The number of halogens is 1. The second kappa shape index (κ2) is 5.41. The number of rotatable bonds is 4. The molecule has 0 aromatic heterocycles. The minimum absolute atomic E-state index is 0.133. The summed E-state index contributed by atoms with van der Waals surface area (Å²) in [5.41, 5.74) is 0.114. The van der Waals surface area contributed by atoms with Crippen molar-refractivity contribution in [2.45, 2.75) is 0 Å². The van der Waals surface area contributed by atoms with Crippen molar-refractivity contribution in [2.75, 3.05) is 6.54 Å². The first-order valence-electron chi connectivity index (χ1n) is 4.39. The van der Waals surface area contributed by atoms with Gasteiger partial charge in [0.2, 0.25) is 0 Å². The van der Waals surface area contributed by atoms with Gasteiger partial charge in [-0.15, -0.1) is 6.58 Å². The Morgan fingerprint density at radius 1 is 1.62 bits per heavy atom. The van der Waals surface area contributed by atoms with Crippen LogP contribution in [-0.4, -0.2) is 17.4 Å². The predicted octanol–water partition coefficient (Wildman–Crippen LogP) is 2.27. The lowest BCUT2D eigenvalue weighted by atomic mass is 10.2. The van der Waals surface area contributed by atoms with Gasteiger partial charge >= 0.3 is 0 Å². The smallest absolute Gasteiger partial charge is 0.284 e. The zero-order valence-electron chi connectivity index (χ0n) is 8.27. The summed E-state index contributed by atoms with van der Waals surface area (Å²) in [6.45, 7) is 3.78. The first kappa shape index (κ1) is 12.4. The van der Waals surface area contributed by atoms with Crippen molar-refractivity contribution in [3.8, 4) is 0 Å². The maximum Gasteiger partial charge on any atom is 0.284 e. The molecule has 1 rings (SSSR count). The number of nitro benzene ring substituents is 1. The largest absolute Gasteiger partial charge is 0.349 e. The molecule has 0 bridgehead atoms. The Kier molecular flexibility index (Phi) is 4.19. The molecule has 0 heterocycles. The minimum Gasteiger partial charge on any atom is -0.349 e. The number of nitro groups is 1. The van der Waals surface area contributed by atoms with Gasteiger partial charge in [-0.3, -0.25) is 14.9 Å². The van der Waals surface area contributed by atoms with Crippen molar-refractivity contribution >= 4 is 27.5 Å². The number of hydrogen-bond acceptors (Lipinski definition) is 3. The van der Waals surface area contributed by atoms with Crippen LogP contribution >= 0.6 is 15.9 Å². The monoisotopic (exact) mass is 284 g/mol. The Bertz CT molecular complexity index is 446. The van der Waals surface area contributed by atoms with Crippen molar-refractivity contribution in [3.63, 3.8) is 0 Å². The van der Waals surface area contributed by atoms with E-state index in [4.69, 9.17) is 0 Å². The van der Waals surface area contributed by atoms with Crippen molar-refractivity contribution in [1.29, 1.82) is 0 Å². The van der Waals surface area contributed by atoms with E-state index in [2.05, 4.69) is 27.8 Å². The lowest BCUT2D eigenvalue weighted by Crippen LogP contribution is -2.23. The predicted molar refractivity (Wildman–Crippen MR) is 63.3 cm³/mol. The molecule has 1 aromatic rings. The van der Waals surface area contributed by atoms with Gasteiger partial charge in [-0.25, -0.2) is 0 Å². The molecular formula is C10H9BrN2O3. The van der Waals surface area contributed by atoms with Gasteiger partial charge in [-0.1, -0.05) is 6.08 Å². The van der Waals surface area contributed by atoms with Gasteiger partial charge in [0.1, 0.15) is 0 Å². The van der Waals surface area contributed by atoms with E-state index in [-0.39, 0.29) is 17.2 Å². The van der Waals surface area contributed by atoms with E-state index < -0.39 is 4.92 Å². The quantitative estimate of drug-likeness (QED) is 0.524. The van der Waals surface area contributed by atoms with Crippen LogP contribution in [0.15, 0.2) is 35.3 Å². The summed E-state index contributed by atoms with van der Waals surface area (Å²) in [6, 6.07) is 4.21. The normalized spacial score (nSPS) is 9.56. The number of carbonyl (C=O) groups is 1. The van der Waals surface area contributed by atoms with E-state index in [9.17, 15) is 14.9 Å². The van der Waals surface area contributed by atoms with Gasteiger partial charge < -0.3 is 5.32 Å². The third kappa shape index (κ3) is 2.90. The topological polar surface area (TPSA) is 72.2 Å². The van der Waals surface area contributed by atoms with E-state index in [1.807, 2.05) is 0 Å². The molecule has 0 aliphatic rings. The van der Waals surface area contributed by atoms with Crippen LogP contribution in [0, 0.1) is 10.1 Å². The summed E-state index contributed by atoms with van der Waals surface area (Å²) in [6.07, 6.45) is 1.53. The van der Waals surface area contributed by atoms with E-state index >= 15 is 0 Å². The minimum atomic E-state index is -0.547. The molecule has 0 fully saturated rings. The molecule has 1 aromatic carbocycles. The number of amides is 1. The Hall–Kier alpha value is -1.69. The SMILES string of the molecule is C=CCNC(=O)c1ccc(Br)c([N+](=O)[O-])c1. The molecule has 1 N–H and O–H groups in total. The van der Waals surface area contributed by atoms with Crippen LogP contribution in [0.25, 0.3) is 0 Å². The first-order valence-corrected chi connectivity index (χ1v) is 5.18. The fourth-order valence-electron chi connectivity index (χ4n) is 1.06. The van der Waals surface area contributed by atoms with E-state index in [0.29, 0.717) is 11.0 Å². The van der Waals surface area contributed by atoms with E-state index in [1.54, 1.807) is 0 Å². The fourth-order valence-corrected chi connectivity index (χ4v) is 1.45. The van der Waals surface area contributed by atoms with Gasteiger partial charge in [0, 0.05) is 18.2 Å². The summed E-state index contributed by atoms with van der Waals surface area (Å²) in [4.78, 5) is 21.6. The van der Waals surface area contributed by atoms with E-state index in [0.717, 1.165) is 0 Å². The van der Waals surface area contributed by atoms with Crippen molar-refractivity contribution < 1.29 is 9.72 Å². The van der Waals surface area contributed by atoms with E-state index in [1.165, 1.54) is 24.3 Å². The molecule has 0 aliphatic heterocycles. The van der Waals surface area contributed by atoms with Crippen LogP contribution in [0.2, 0.25) is 0 Å². The van der Waals surface area contributed by atoms with Crippen LogP contribution in [0.4, 0.5) is 5.69 Å². The molecule has 0 saturated carbocycles. The molecule has 5 nitrogen and oxygen atoms in total. The van der Waals surface area contributed by atoms with Crippen molar-refractivity contribution in [3.05, 3.63) is 51.0 Å². The third-order valence-corrected chi connectivity index (χ3v) is 2.48. The Labute approximate surface area is 100 Å². The third-order valence-electron chi connectivity index (χ3n) is 1.81. The Morgan fingerprint density at radius 3 is 2.88 bits per heavy atom. The average molecular weight is 285 g/mol. The lowest BCUT2D eigenvalue weighted by Gasteiger charge is -2.02. The summed E-state index contributed by atoms with van der Waals surface area (Å²) in [7, 11) is 0. The summed E-state index contributed by atoms with van der Waals surface area (Å²) < 4.78 is 0.345. The molecule has 0 saturated heterocycles. The molecule has 0 radical (unpaired) electrons. The number of nitrogens with zero attached hydrogens (tertiary/aromatic N) is 1. The number of benzene rings is 1. The molecular weight excluding hydrogens is 276 g/mol. The standard InChI is InChI=1S/C10H9BrN2O3/c1-2-5-12-10(14)7-3-4-8(11)9(6-7)13(15)16/h2-4,6H,1,5H2,(H,12,14). The van der Waals surface area contributed by atoms with Crippen LogP contribution in [0.3, 0.4) is 0 Å². The molecule has 6 heteroatoms. The zero-order chi connectivity index (χ0) is 12.1. The molecule has 0 atom stereocenters. The number of carbonyl (C=O) groups excluding carboxylic acids is 1. The molecule has 16 heavy (non-hydrogen) atoms. The first-order chi connectivity index (χ1) is 7.56. The average Bonchev–Trinajstić information content (AvgIpc) is 2.26. The maximum absolute atomic E-state index is 11.5. The fraction of sp³-hybridized carbons (Fsp3) is 0.100. The van der Waals surface area contributed by atoms with Crippen LogP contribution < -0.4 is 5.32 Å². The second-order valence-electron chi connectivity index (χ2n) is 2.92. The van der Waals surface area contributed by atoms with Crippen LogP contribution in [-0.2, 0) is 0 Å². The number of nitrogens with one attached hydrogen (secondary N) is 1. The highest BCUT2D eigenvalue weighted by Gasteiger charge is 2.15. The van der Waals surface area contributed by atoms with Gasteiger partial charge in [0.15, 0.2) is 0 Å². The highest BCUT2D eigenvalue weighted by Crippen LogP contribution is 2.25. The second-order valence-corrected chi connectivity index (χ2v) is 3.78.